The first-order valence-electron chi connectivity index (χ1n) is 5.95. The first-order valence-corrected chi connectivity index (χ1v) is 5.95. The van der Waals surface area contributed by atoms with E-state index in [4.69, 9.17) is 5.11 Å². The van der Waals surface area contributed by atoms with E-state index in [2.05, 4.69) is 4.98 Å². The second-order valence-corrected chi connectivity index (χ2v) is 4.61. The molecule has 98 valence electrons. The van der Waals surface area contributed by atoms with E-state index in [9.17, 15) is 9.59 Å². The molecule has 0 saturated heterocycles. The van der Waals surface area contributed by atoms with Gasteiger partial charge in [0.15, 0.2) is 0 Å². The standard InChI is InChI=1S/C15H15NO3/c1-8-4-5-9(2)14-13(8)10(3)11(15(19)16-14)6-7-12(17)18/h4-7H,1-3H3,(H,16,19)(H,17,18)/b7-6+. The summed E-state index contributed by atoms with van der Waals surface area (Å²) in [4.78, 5) is 25.4. The Morgan fingerprint density at radius 2 is 1.84 bits per heavy atom. The van der Waals surface area contributed by atoms with Crippen molar-refractivity contribution in [3.8, 4) is 0 Å². The lowest BCUT2D eigenvalue weighted by atomic mass is 9.98. The molecular weight excluding hydrogens is 242 g/mol. The molecule has 1 heterocycles. The van der Waals surface area contributed by atoms with Crippen molar-refractivity contribution in [1.82, 2.24) is 4.98 Å². The first-order chi connectivity index (χ1) is 8.91. The van der Waals surface area contributed by atoms with Crippen LogP contribution in [0, 0.1) is 20.8 Å². The fourth-order valence-electron chi connectivity index (χ4n) is 2.30. The van der Waals surface area contributed by atoms with Crippen molar-refractivity contribution in [1.29, 1.82) is 0 Å². The second-order valence-electron chi connectivity index (χ2n) is 4.61. The van der Waals surface area contributed by atoms with Crippen LogP contribution in [-0.2, 0) is 4.79 Å². The molecule has 0 bridgehead atoms. The van der Waals surface area contributed by atoms with Gasteiger partial charge in [0.2, 0.25) is 0 Å². The monoisotopic (exact) mass is 257 g/mol. The summed E-state index contributed by atoms with van der Waals surface area (Å²) < 4.78 is 0. The van der Waals surface area contributed by atoms with Crippen molar-refractivity contribution >= 4 is 22.9 Å². The molecule has 0 saturated carbocycles. The number of carboxylic acid groups (broad SMARTS) is 1. The number of aryl methyl sites for hydroxylation is 3. The van der Waals surface area contributed by atoms with Gasteiger partial charge in [-0.05, 0) is 43.5 Å². The van der Waals surface area contributed by atoms with E-state index in [1.807, 2.05) is 32.9 Å². The smallest absolute Gasteiger partial charge is 0.328 e. The highest BCUT2D eigenvalue weighted by atomic mass is 16.4. The summed E-state index contributed by atoms with van der Waals surface area (Å²) in [5, 5.41) is 9.65. The summed E-state index contributed by atoms with van der Waals surface area (Å²) in [6.07, 6.45) is 2.33. The number of H-pyrrole nitrogens is 1. The number of hydrogen-bond donors (Lipinski definition) is 2. The lowest BCUT2D eigenvalue weighted by Crippen LogP contribution is -2.13. The number of benzene rings is 1. The highest BCUT2D eigenvalue weighted by Crippen LogP contribution is 2.24. The van der Waals surface area contributed by atoms with Gasteiger partial charge in [-0.1, -0.05) is 12.1 Å². The van der Waals surface area contributed by atoms with E-state index >= 15 is 0 Å². The number of nitrogens with one attached hydrogen (secondary N) is 1. The highest BCUT2D eigenvalue weighted by molar-refractivity contribution is 5.92. The average molecular weight is 257 g/mol. The quantitative estimate of drug-likeness (QED) is 0.812. The summed E-state index contributed by atoms with van der Waals surface area (Å²) in [6.45, 7) is 5.74. The van der Waals surface area contributed by atoms with Crippen molar-refractivity contribution in [3.05, 3.63) is 50.8 Å². The predicted molar refractivity (Wildman–Crippen MR) is 75.4 cm³/mol. The Labute approximate surface area is 110 Å². The van der Waals surface area contributed by atoms with Crippen LogP contribution in [0.1, 0.15) is 22.3 Å². The molecule has 19 heavy (non-hydrogen) atoms. The highest BCUT2D eigenvalue weighted by Gasteiger charge is 2.10. The third-order valence-electron chi connectivity index (χ3n) is 3.28. The summed E-state index contributed by atoms with van der Waals surface area (Å²) >= 11 is 0. The topological polar surface area (TPSA) is 70.2 Å². The molecule has 0 spiro atoms. The molecule has 4 heteroatoms. The molecule has 2 aromatic rings. The molecule has 1 aromatic carbocycles. The number of pyridine rings is 1. The molecule has 4 nitrogen and oxygen atoms in total. The molecule has 1 aromatic heterocycles. The number of hydrogen-bond acceptors (Lipinski definition) is 2. The van der Waals surface area contributed by atoms with Gasteiger partial charge in [-0.3, -0.25) is 4.79 Å². The maximum absolute atomic E-state index is 12.0. The minimum absolute atomic E-state index is 0.267. The van der Waals surface area contributed by atoms with Crippen LogP contribution in [0.5, 0.6) is 0 Å². The molecule has 0 aliphatic rings. The molecule has 2 N–H and O–H groups in total. The van der Waals surface area contributed by atoms with Crippen molar-refractivity contribution in [2.24, 2.45) is 0 Å². The zero-order valence-corrected chi connectivity index (χ0v) is 11.1. The van der Waals surface area contributed by atoms with Gasteiger partial charge in [-0.2, -0.15) is 0 Å². The number of carbonyl (C=O) groups is 1. The van der Waals surface area contributed by atoms with Gasteiger partial charge in [-0.15, -0.1) is 0 Å². The van der Waals surface area contributed by atoms with Crippen LogP contribution in [0.2, 0.25) is 0 Å². The Morgan fingerprint density at radius 1 is 1.21 bits per heavy atom. The Morgan fingerprint density at radius 3 is 2.47 bits per heavy atom. The number of carboxylic acids is 1. The Balaban J connectivity index is 2.86. The first kappa shape index (κ1) is 13.1. The maximum Gasteiger partial charge on any atom is 0.328 e. The summed E-state index contributed by atoms with van der Waals surface area (Å²) in [6, 6.07) is 3.95. The number of fused-ring (bicyclic) bond motifs is 1. The molecule has 0 aliphatic heterocycles. The van der Waals surface area contributed by atoms with Crippen LogP contribution in [0.3, 0.4) is 0 Å². The molecule has 2 rings (SSSR count). The lowest BCUT2D eigenvalue weighted by Gasteiger charge is -2.10. The van der Waals surface area contributed by atoms with Crippen LogP contribution in [0.15, 0.2) is 23.0 Å². The molecule has 0 atom stereocenters. The number of aromatic nitrogens is 1. The Hall–Kier alpha value is -2.36. The molecule has 0 fully saturated rings. The summed E-state index contributed by atoms with van der Waals surface area (Å²) in [5.41, 5.74) is 3.79. The van der Waals surface area contributed by atoms with Crippen molar-refractivity contribution in [3.63, 3.8) is 0 Å². The Bertz CT molecular complexity index is 754. The van der Waals surface area contributed by atoms with E-state index in [1.165, 1.54) is 6.08 Å². The fraction of sp³-hybridized carbons (Fsp3) is 0.200. The molecular formula is C15H15NO3. The van der Waals surface area contributed by atoms with E-state index in [0.29, 0.717) is 5.56 Å². The van der Waals surface area contributed by atoms with Crippen molar-refractivity contribution in [2.45, 2.75) is 20.8 Å². The Kier molecular flexibility index (Phi) is 3.25. The van der Waals surface area contributed by atoms with Crippen LogP contribution in [0.4, 0.5) is 0 Å². The van der Waals surface area contributed by atoms with Gasteiger partial charge in [0.05, 0.1) is 5.52 Å². The number of rotatable bonds is 2. The predicted octanol–water partition coefficient (Wildman–Crippen LogP) is 2.55. The SMILES string of the molecule is Cc1ccc(C)c2c(C)c(/C=C/C(=O)O)c(=O)[nH]c12. The van der Waals surface area contributed by atoms with Gasteiger partial charge in [0, 0.05) is 17.0 Å². The van der Waals surface area contributed by atoms with Crippen LogP contribution < -0.4 is 5.56 Å². The summed E-state index contributed by atoms with van der Waals surface area (Å²) in [5.74, 6) is -1.07. The van der Waals surface area contributed by atoms with Gasteiger partial charge in [0.25, 0.3) is 5.56 Å². The van der Waals surface area contributed by atoms with E-state index < -0.39 is 5.97 Å². The van der Waals surface area contributed by atoms with Gasteiger partial charge >= 0.3 is 5.97 Å². The minimum atomic E-state index is -1.07. The average Bonchev–Trinajstić information content (AvgIpc) is 2.33. The minimum Gasteiger partial charge on any atom is -0.478 e. The summed E-state index contributed by atoms with van der Waals surface area (Å²) in [7, 11) is 0. The fourth-order valence-corrected chi connectivity index (χ4v) is 2.30. The largest absolute Gasteiger partial charge is 0.478 e. The van der Waals surface area contributed by atoms with Gasteiger partial charge in [-0.25, -0.2) is 4.79 Å². The zero-order chi connectivity index (χ0) is 14.2. The molecule has 0 amide bonds. The van der Waals surface area contributed by atoms with Crippen molar-refractivity contribution in [2.75, 3.05) is 0 Å². The lowest BCUT2D eigenvalue weighted by molar-refractivity contribution is -0.131. The van der Waals surface area contributed by atoms with Crippen LogP contribution in [0.25, 0.3) is 17.0 Å². The van der Waals surface area contributed by atoms with Crippen molar-refractivity contribution < 1.29 is 9.90 Å². The van der Waals surface area contributed by atoms with Crippen LogP contribution >= 0.6 is 0 Å². The van der Waals surface area contributed by atoms with Gasteiger partial charge < -0.3 is 10.1 Å². The third kappa shape index (κ3) is 2.29. The molecule has 0 aliphatic carbocycles. The second kappa shape index (κ2) is 4.72. The number of aliphatic carboxylic acids is 1. The van der Waals surface area contributed by atoms with E-state index in [0.717, 1.165) is 33.7 Å². The normalized spacial score (nSPS) is 11.3. The van der Waals surface area contributed by atoms with Crippen LogP contribution in [-0.4, -0.2) is 16.1 Å². The molecule has 0 radical (unpaired) electrons. The zero-order valence-electron chi connectivity index (χ0n) is 11.1. The van der Waals surface area contributed by atoms with E-state index in [-0.39, 0.29) is 5.56 Å². The third-order valence-corrected chi connectivity index (χ3v) is 3.28. The van der Waals surface area contributed by atoms with E-state index in [1.54, 1.807) is 0 Å². The van der Waals surface area contributed by atoms with Gasteiger partial charge in [0.1, 0.15) is 0 Å². The maximum atomic E-state index is 12.0. The molecule has 0 unspecified atom stereocenters. The number of aromatic amines is 1.